The zero-order chi connectivity index (χ0) is 14.6. The number of ether oxygens (including phenoxy) is 1. The van der Waals surface area contributed by atoms with Crippen molar-refractivity contribution in [3.8, 4) is 5.75 Å². The molecule has 0 aliphatic rings. The fourth-order valence-corrected chi connectivity index (χ4v) is 1.59. The van der Waals surface area contributed by atoms with E-state index in [0.717, 1.165) is 16.9 Å². The third-order valence-electron chi connectivity index (χ3n) is 3.39. The highest BCUT2D eigenvalue weighted by atomic mass is 16.5. The maximum absolute atomic E-state index is 12.0. The van der Waals surface area contributed by atoms with Crippen molar-refractivity contribution in [2.45, 2.75) is 53.7 Å². The molecule has 3 heteroatoms. The summed E-state index contributed by atoms with van der Waals surface area (Å²) in [5.41, 5.74) is 2.17. The molecular formula is C16H25NO2. The van der Waals surface area contributed by atoms with Crippen LogP contribution in [0.4, 0.5) is 0 Å². The van der Waals surface area contributed by atoms with Crippen molar-refractivity contribution < 1.29 is 9.53 Å². The molecule has 2 atom stereocenters. The maximum Gasteiger partial charge on any atom is 0.260 e. The van der Waals surface area contributed by atoms with Crippen molar-refractivity contribution in [1.29, 1.82) is 0 Å². The van der Waals surface area contributed by atoms with Gasteiger partial charge in [0.15, 0.2) is 6.10 Å². The number of aryl methyl sites for hydroxylation is 2. The summed E-state index contributed by atoms with van der Waals surface area (Å²) in [6.07, 6.45) is -0.485. The predicted octanol–water partition coefficient (Wildman–Crippen LogP) is 3.23. The molecule has 0 saturated heterocycles. The monoisotopic (exact) mass is 263 g/mol. The van der Waals surface area contributed by atoms with Crippen LogP contribution in [0.5, 0.6) is 5.75 Å². The number of carbonyl (C=O) groups excluding carboxylic acids is 1. The Bertz CT molecular complexity index is 440. The van der Waals surface area contributed by atoms with Crippen molar-refractivity contribution in [3.05, 3.63) is 29.3 Å². The van der Waals surface area contributed by atoms with Gasteiger partial charge in [0.05, 0.1) is 0 Å². The maximum atomic E-state index is 12.0. The minimum absolute atomic E-state index is 0.0675. The van der Waals surface area contributed by atoms with Crippen LogP contribution in [0.1, 0.15) is 38.8 Å². The summed E-state index contributed by atoms with van der Waals surface area (Å²) < 4.78 is 5.76. The van der Waals surface area contributed by atoms with E-state index in [9.17, 15) is 4.79 Å². The van der Waals surface area contributed by atoms with Crippen molar-refractivity contribution in [2.24, 2.45) is 5.92 Å². The molecule has 0 aliphatic carbocycles. The SMILES string of the molecule is Cc1ccc(C)c(O[C@@H](C)C(=O)N[C@H](C)C(C)C)c1. The molecule has 3 nitrogen and oxygen atoms in total. The van der Waals surface area contributed by atoms with Gasteiger partial charge in [-0.15, -0.1) is 0 Å². The number of nitrogens with one attached hydrogen (secondary N) is 1. The summed E-state index contributed by atoms with van der Waals surface area (Å²) in [6.45, 7) is 12.0. The fourth-order valence-electron chi connectivity index (χ4n) is 1.59. The van der Waals surface area contributed by atoms with Crippen LogP contribution in [0.2, 0.25) is 0 Å². The van der Waals surface area contributed by atoms with Gasteiger partial charge in [-0.3, -0.25) is 4.79 Å². The van der Waals surface area contributed by atoms with Gasteiger partial charge in [-0.1, -0.05) is 26.0 Å². The Morgan fingerprint density at radius 1 is 1.16 bits per heavy atom. The molecule has 0 bridgehead atoms. The third kappa shape index (κ3) is 4.58. The van der Waals surface area contributed by atoms with Gasteiger partial charge in [0, 0.05) is 6.04 Å². The highest BCUT2D eigenvalue weighted by molar-refractivity contribution is 5.81. The van der Waals surface area contributed by atoms with E-state index >= 15 is 0 Å². The highest BCUT2D eigenvalue weighted by Gasteiger charge is 2.18. The summed E-state index contributed by atoms with van der Waals surface area (Å²) in [7, 11) is 0. The van der Waals surface area contributed by atoms with Crippen LogP contribution >= 0.6 is 0 Å². The number of carbonyl (C=O) groups is 1. The summed E-state index contributed by atoms with van der Waals surface area (Å²) in [6, 6.07) is 6.15. The smallest absolute Gasteiger partial charge is 0.260 e. The zero-order valence-electron chi connectivity index (χ0n) is 12.8. The second-order valence-electron chi connectivity index (χ2n) is 5.57. The molecule has 1 amide bonds. The molecule has 1 rings (SSSR count). The Morgan fingerprint density at radius 2 is 1.79 bits per heavy atom. The Balaban J connectivity index is 2.66. The first kappa shape index (κ1) is 15.5. The van der Waals surface area contributed by atoms with Crippen LogP contribution in [-0.2, 0) is 4.79 Å². The fraction of sp³-hybridized carbons (Fsp3) is 0.562. The minimum atomic E-state index is -0.485. The normalized spacial score (nSPS) is 14.1. The molecular weight excluding hydrogens is 238 g/mol. The van der Waals surface area contributed by atoms with Gasteiger partial charge in [-0.25, -0.2) is 0 Å². The van der Waals surface area contributed by atoms with Gasteiger partial charge in [0.25, 0.3) is 5.91 Å². The molecule has 19 heavy (non-hydrogen) atoms. The molecule has 0 saturated carbocycles. The average Bonchev–Trinajstić information content (AvgIpc) is 2.33. The summed E-state index contributed by atoms with van der Waals surface area (Å²) in [4.78, 5) is 12.0. The molecule has 106 valence electrons. The Morgan fingerprint density at radius 3 is 2.37 bits per heavy atom. The quantitative estimate of drug-likeness (QED) is 0.885. The summed E-state index contributed by atoms with van der Waals surface area (Å²) in [5.74, 6) is 1.12. The van der Waals surface area contributed by atoms with E-state index in [1.807, 2.05) is 39.0 Å². The lowest BCUT2D eigenvalue weighted by atomic mass is 10.1. The molecule has 0 fully saturated rings. The molecule has 0 aliphatic heterocycles. The molecule has 1 N–H and O–H groups in total. The first-order valence-electron chi connectivity index (χ1n) is 6.85. The topological polar surface area (TPSA) is 38.3 Å². The molecule has 1 aromatic carbocycles. The predicted molar refractivity (Wildman–Crippen MR) is 78.4 cm³/mol. The second-order valence-corrected chi connectivity index (χ2v) is 5.57. The highest BCUT2D eigenvalue weighted by Crippen LogP contribution is 2.20. The largest absolute Gasteiger partial charge is 0.481 e. The standard InChI is InChI=1S/C16H25NO2/c1-10(2)13(5)17-16(18)14(6)19-15-9-11(3)7-8-12(15)4/h7-10,13-14H,1-6H3,(H,17,18)/t13-,14+/m1/s1. The molecule has 0 unspecified atom stereocenters. The lowest BCUT2D eigenvalue weighted by Crippen LogP contribution is -2.43. The Hall–Kier alpha value is -1.51. The first-order valence-corrected chi connectivity index (χ1v) is 6.85. The third-order valence-corrected chi connectivity index (χ3v) is 3.39. The van der Waals surface area contributed by atoms with Crippen molar-refractivity contribution in [1.82, 2.24) is 5.32 Å². The lowest BCUT2D eigenvalue weighted by molar-refractivity contribution is -0.128. The van der Waals surface area contributed by atoms with Crippen LogP contribution in [-0.4, -0.2) is 18.1 Å². The number of rotatable bonds is 5. The van der Waals surface area contributed by atoms with Gasteiger partial charge in [0.1, 0.15) is 5.75 Å². The minimum Gasteiger partial charge on any atom is -0.481 e. The van der Waals surface area contributed by atoms with Gasteiger partial charge in [-0.05, 0) is 50.8 Å². The number of amides is 1. The lowest BCUT2D eigenvalue weighted by Gasteiger charge is -2.21. The van der Waals surface area contributed by atoms with Crippen molar-refractivity contribution >= 4 is 5.91 Å². The molecule has 0 radical (unpaired) electrons. The van der Waals surface area contributed by atoms with Crippen LogP contribution in [0.3, 0.4) is 0 Å². The first-order chi connectivity index (χ1) is 8.81. The molecule has 0 heterocycles. The van der Waals surface area contributed by atoms with Gasteiger partial charge < -0.3 is 10.1 Å². The molecule has 1 aromatic rings. The van der Waals surface area contributed by atoms with E-state index in [1.165, 1.54) is 0 Å². The number of hydrogen-bond acceptors (Lipinski definition) is 2. The van der Waals surface area contributed by atoms with Crippen molar-refractivity contribution in [2.75, 3.05) is 0 Å². The van der Waals surface area contributed by atoms with Crippen molar-refractivity contribution in [3.63, 3.8) is 0 Å². The summed E-state index contributed by atoms with van der Waals surface area (Å²) in [5, 5.41) is 2.97. The zero-order valence-corrected chi connectivity index (χ0v) is 12.8. The average molecular weight is 263 g/mol. The molecule has 0 aromatic heterocycles. The van der Waals surface area contributed by atoms with E-state index in [-0.39, 0.29) is 11.9 Å². The number of hydrogen-bond donors (Lipinski definition) is 1. The summed E-state index contributed by atoms with van der Waals surface area (Å²) >= 11 is 0. The Kier molecular flexibility index (Phi) is 5.40. The van der Waals surface area contributed by atoms with E-state index in [0.29, 0.717) is 5.92 Å². The second kappa shape index (κ2) is 6.60. The van der Waals surface area contributed by atoms with Gasteiger partial charge in [-0.2, -0.15) is 0 Å². The van der Waals surface area contributed by atoms with E-state index in [1.54, 1.807) is 6.92 Å². The van der Waals surface area contributed by atoms with E-state index in [4.69, 9.17) is 4.74 Å². The van der Waals surface area contributed by atoms with E-state index < -0.39 is 6.10 Å². The van der Waals surface area contributed by atoms with E-state index in [2.05, 4.69) is 19.2 Å². The van der Waals surface area contributed by atoms with Gasteiger partial charge >= 0.3 is 0 Å². The van der Waals surface area contributed by atoms with Crippen LogP contribution in [0.25, 0.3) is 0 Å². The van der Waals surface area contributed by atoms with Crippen LogP contribution in [0.15, 0.2) is 18.2 Å². The van der Waals surface area contributed by atoms with Crippen LogP contribution in [0, 0.1) is 19.8 Å². The number of benzene rings is 1. The molecule has 0 spiro atoms. The Labute approximate surface area is 116 Å². The van der Waals surface area contributed by atoms with Gasteiger partial charge in [0.2, 0.25) is 0 Å². The van der Waals surface area contributed by atoms with Crippen LogP contribution < -0.4 is 10.1 Å².